The van der Waals surface area contributed by atoms with Gasteiger partial charge in [-0.3, -0.25) is 0 Å². The lowest BCUT2D eigenvalue weighted by atomic mass is 9.83. The molecule has 0 unspecified atom stereocenters. The van der Waals surface area contributed by atoms with Crippen molar-refractivity contribution >= 4 is 0 Å². The molecule has 44 heavy (non-hydrogen) atoms. The van der Waals surface area contributed by atoms with Crippen LogP contribution in [0.2, 0.25) is 0 Å². The summed E-state index contributed by atoms with van der Waals surface area (Å²) < 4.78 is 22.7. The normalized spacial score (nSPS) is 12.5. The molecule has 0 bridgehead atoms. The Bertz CT molecular complexity index is 1300. The maximum atomic E-state index is 10.2. The van der Waals surface area contributed by atoms with Crippen LogP contribution in [0, 0.1) is 0 Å². The summed E-state index contributed by atoms with van der Waals surface area (Å²) in [5, 5.41) is 40.7. The van der Waals surface area contributed by atoms with Gasteiger partial charge in [-0.1, -0.05) is 12.1 Å². The average Bonchev–Trinajstić information content (AvgIpc) is 3.05. The van der Waals surface area contributed by atoms with Gasteiger partial charge in [0.1, 0.15) is 11.5 Å². The van der Waals surface area contributed by atoms with E-state index in [1.807, 2.05) is 48.5 Å². The summed E-state index contributed by atoms with van der Waals surface area (Å²) >= 11 is 0. The topological polar surface area (TPSA) is 118 Å². The van der Waals surface area contributed by atoms with E-state index in [1.165, 1.54) is 0 Å². The first-order valence-electron chi connectivity index (χ1n) is 14.6. The van der Waals surface area contributed by atoms with Crippen molar-refractivity contribution in [1.82, 2.24) is 0 Å². The number of rotatable bonds is 8. The first kappa shape index (κ1) is 31.3. The largest absolute Gasteiger partial charge is 0.496 e. The van der Waals surface area contributed by atoms with E-state index in [1.54, 1.807) is 28.4 Å². The molecule has 4 aromatic rings. The number of hydrogen-bond donors (Lipinski definition) is 4. The highest BCUT2D eigenvalue weighted by Crippen LogP contribution is 2.38. The number of hydrogen-bond acceptors (Lipinski definition) is 8. The van der Waals surface area contributed by atoms with Crippen LogP contribution in [-0.4, -0.2) is 48.9 Å². The molecule has 0 spiro atoms. The molecule has 0 saturated carbocycles. The molecule has 1 aliphatic rings. The third-order valence-corrected chi connectivity index (χ3v) is 8.64. The van der Waals surface area contributed by atoms with Crippen molar-refractivity contribution < 1.29 is 39.4 Å². The van der Waals surface area contributed by atoms with E-state index in [-0.39, 0.29) is 26.4 Å². The minimum absolute atomic E-state index is 0.171. The lowest BCUT2D eigenvalue weighted by molar-refractivity contribution is 0.260. The van der Waals surface area contributed by atoms with Gasteiger partial charge < -0.3 is 39.4 Å². The van der Waals surface area contributed by atoms with Crippen LogP contribution >= 0.6 is 0 Å². The zero-order valence-corrected chi connectivity index (χ0v) is 25.7. The fourth-order valence-electron chi connectivity index (χ4n) is 6.25. The second-order valence-electron chi connectivity index (χ2n) is 11.1. The summed E-state index contributed by atoms with van der Waals surface area (Å²) in [6.07, 6.45) is 2.18. The monoisotopic (exact) mass is 600 g/mol. The molecule has 1 aliphatic carbocycles. The molecule has 8 heteroatoms. The molecule has 0 saturated heterocycles. The molecular formula is C36H40O8. The van der Waals surface area contributed by atoms with Crippen LogP contribution in [-0.2, 0) is 52.1 Å². The van der Waals surface area contributed by atoms with Crippen molar-refractivity contribution in [3.05, 3.63) is 115 Å². The molecule has 0 fully saturated rings. The van der Waals surface area contributed by atoms with Crippen LogP contribution in [0.5, 0.6) is 23.0 Å². The highest BCUT2D eigenvalue weighted by molar-refractivity contribution is 5.56. The molecule has 0 heterocycles. The van der Waals surface area contributed by atoms with E-state index in [0.29, 0.717) is 70.9 Å². The van der Waals surface area contributed by atoms with Crippen molar-refractivity contribution in [1.29, 1.82) is 0 Å². The summed E-state index contributed by atoms with van der Waals surface area (Å²) in [7, 11) is 6.44. The van der Waals surface area contributed by atoms with Gasteiger partial charge in [0.2, 0.25) is 0 Å². The van der Waals surface area contributed by atoms with E-state index >= 15 is 0 Å². The number of methoxy groups -OCH3 is 4. The second kappa shape index (κ2) is 13.7. The van der Waals surface area contributed by atoms with Gasteiger partial charge in [0.15, 0.2) is 11.5 Å². The maximum Gasteiger partial charge on any atom is 0.161 e. The number of ether oxygens (including phenoxy) is 4. The Kier molecular flexibility index (Phi) is 9.76. The van der Waals surface area contributed by atoms with Gasteiger partial charge >= 0.3 is 0 Å². The molecule has 4 N–H and O–H groups in total. The fraction of sp³-hybridized carbons (Fsp3) is 0.333. The molecule has 4 aromatic carbocycles. The Labute approximate surface area is 258 Å². The first-order chi connectivity index (χ1) is 21.4. The smallest absolute Gasteiger partial charge is 0.161 e. The second-order valence-corrected chi connectivity index (χ2v) is 11.1. The summed E-state index contributed by atoms with van der Waals surface area (Å²) in [5.41, 5.74) is 10.9. The van der Waals surface area contributed by atoms with Crippen LogP contribution in [0.15, 0.2) is 48.5 Å². The summed E-state index contributed by atoms with van der Waals surface area (Å²) in [5.74, 6) is 2.47. The van der Waals surface area contributed by atoms with Crippen molar-refractivity contribution in [2.45, 2.75) is 52.1 Å². The van der Waals surface area contributed by atoms with Crippen molar-refractivity contribution in [3.63, 3.8) is 0 Å². The summed E-state index contributed by atoms with van der Waals surface area (Å²) in [6, 6.07) is 15.9. The average molecular weight is 601 g/mol. The highest BCUT2D eigenvalue weighted by Gasteiger charge is 2.22. The predicted molar refractivity (Wildman–Crippen MR) is 167 cm³/mol. The lowest BCUT2D eigenvalue weighted by Gasteiger charge is -2.23. The van der Waals surface area contributed by atoms with Crippen LogP contribution in [0.1, 0.15) is 66.8 Å². The molecule has 5 rings (SSSR count). The number of aliphatic hydroxyl groups excluding tert-OH is 4. The highest BCUT2D eigenvalue weighted by atomic mass is 16.5. The summed E-state index contributed by atoms with van der Waals surface area (Å²) in [6.45, 7) is -0.735. The van der Waals surface area contributed by atoms with Crippen molar-refractivity contribution in [3.8, 4) is 23.0 Å². The standard InChI is InChI=1S/C36H40O8/c1-41-33-13-25-7-27-15-35(43-3)36(44-4)16-28(27)8-26-14-34(42-2)32(20-40)12-24(26)6-22-10-30(18-38)29(17-37)9-21(22)5-23(25)11-31(33)19-39/h9-16,37-40H,5-8,17-20H2,1-4H3. The minimum Gasteiger partial charge on any atom is -0.496 e. The van der Waals surface area contributed by atoms with Gasteiger partial charge in [0.05, 0.1) is 54.9 Å². The molecule has 0 atom stereocenters. The zero-order valence-electron chi connectivity index (χ0n) is 25.7. The molecule has 0 aliphatic heterocycles. The zero-order chi connectivity index (χ0) is 31.4. The van der Waals surface area contributed by atoms with Gasteiger partial charge in [-0.15, -0.1) is 0 Å². The van der Waals surface area contributed by atoms with E-state index < -0.39 is 0 Å². The third-order valence-electron chi connectivity index (χ3n) is 8.64. The Balaban J connectivity index is 1.83. The van der Waals surface area contributed by atoms with Gasteiger partial charge in [-0.2, -0.15) is 0 Å². The van der Waals surface area contributed by atoms with E-state index in [9.17, 15) is 20.4 Å². The first-order valence-corrected chi connectivity index (χ1v) is 14.6. The number of fused-ring (bicyclic) bond motifs is 4. The minimum atomic E-state index is -0.196. The van der Waals surface area contributed by atoms with Crippen molar-refractivity contribution in [2.75, 3.05) is 28.4 Å². The van der Waals surface area contributed by atoms with Gasteiger partial charge in [0.25, 0.3) is 0 Å². The van der Waals surface area contributed by atoms with E-state index in [4.69, 9.17) is 18.9 Å². The Morgan fingerprint density at radius 1 is 0.364 bits per heavy atom. The van der Waals surface area contributed by atoms with Crippen LogP contribution in [0.3, 0.4) is 0 Å². The van der Waals surface area contributed by atoms with Gasteiger partial charge in [-0.25, -0.2) is 0 Å². The SMILES string of the molecule is COc1cc2c(cc1CO)Cc1cc(CO)c(CO)cc1Cc1cc(CO)c(OC)cc1Cc1cc(OC)c(OC)cc1C2. The molecule has 0 radical (unpaired) electrons. The fourth-order valence-corrected chi connectivity index (χ4v) is 6.25. The van der Waals surface area contributed by atoms with E-state index in [0.717, 1.165) is 44.5 Å². The van der Waals surface area contributed by atoms with Crippen LogP contribution < -0.4 is 18.9 Å². The molecule has 0 aromatic heterocycles. The quantitative estimate of drug-likeness (QED) is 0.208. The lowest BCUT2D eigenvalue weighted by Crippen LogP contribution is -2.10. The Morgan fingerprint density at radius 3 is 0.841 bits per heavy atom. The van der Waals surface area contributed by atoms with Crippen molar-refractivity contribution in [2.24, 2.45) is 0 Å². The molecule has 0 amide bonds. The molecular weight excluding hydrogens is 560 g/mol. The third kappa shape index (κ3) is 6.12. The van der Waals surface area contributed by atoms with Gasteiger partial charge in [-0.05, 0) is 118 Å². The van der Waals surface area contributed by atoms with Gasteiger partial charge in [0, 0.05) is 11.1 Å². The molecule has 232 valence electrons. The number of benzene rings is 4. The summed E-state index contributed by atoms with van der Waals surface area (Å²) in [4.78, 5) is 0. The number of aliphatic hydroxyl groups is 4. The van der Waals surface area contributed by atoms with Crippen LogP contribution in [0.25, 0.3) is 0 Å². The predicted octanol–water partition coefficient (Wildman–Crippen LogP) is 4.37. The van der Waals surface area contributed by atoms with Crippen LogP contribution in [0.4, 0.5) is 0 Å². The maximum absolute atomic E-state index is 10.2. The Morgan fingerprint density at radius 2 is 0.591 bits per heavy atom. The molecule has 8 nitrogen and oxygen atoms in total. The Hall–Kier alpha value is -4.08. The van der Waals surface area contributed by atoms with E-state index in [2.05, 4.69) is 0 Å².